The molecule has 4 N–H and O–H groups in total. The zero-order chi connectivity index (χ0) is 39.6. The summed E-state index contributed by atoms with van der Waals surface area (Å²) in [5, 5.41) is 20.0. The van der Waals surface area contributed by atoms with E-state index in [1.54, 1.807) is 30.0 Å². The summed E-state index contributed by atoms with van der Waals surface area (Å²) in [5.41, 5.74) is 3.59. The molecule has 0 fully saturated rings. The summed E-state index contributed by atoms with van der Waals surface area (Å²) in [7, 11) is -3.42. The van der Waals surface area contributed by atoms with Crippen LogP contribution in [0.1, 0.15) is 54.2 Å². The van der Waals surface area contributed by atoms with Gasteiger partial charge in [0.25, 0.3) is 5.91 Å². The Kier molecular flexibility index (Phi) is 13.3. The van der Waals surface area contributed by atoms with E-state index in [2.05, 4.69) is 52.3 Å². The maximum Gasteiger partial charge on any atom is 0.407 e. The lowest BCUT2D eigenvalue weighted by molar-refractivity contribution is -0.139. The maximum absolute atomic E-state index is 13.3. The van der Waals surface area contributed by atoms with Gasteiger partial charge in [-0.3, -0.25) is 4.79 Å². The van der Waals surface area contributed by atoms with Crippen molar-refractivity contribution in [3.63, 3.8) is 0 Å². The number of carbonyl (C=O) groups excluding carboxylic acids is 2. The quantitative estimate of drug-likeness (QED) is 0.0747. The molecule has 0 aromatic heterocycles. The van der Waals surface area contributed by atoms with Gasteiger partial charge >= 0.3 is 12.1 Å². The fourth-order valence-electron chi connectivity index (χ4n) is 6.28. The van der Waals surface area contributed by atoms with E-state index in [1.165, 1.54) is 0 Å². The minimum Gasteiger partial charge on any atom is -0.480 e. The van der Waals surface area contributed by atoms with E-state index in [0.29, 0.717) is 17.7 Å². The van der Waals surface area contributed by atoms with Crippen LogP contribution in [0.4, 0.5) is 10.5 Å². The maximum atomic E-state index is 13.3. The van der Waals surface area contributed by atoms with E-state index in [9.17, 15) is 27.9 Å². The Hall–Kier alpha value is -5.33. The molecular weight excluding hydrogens is 735 g/mol. The van der Waals surface area contributed by atoms with Gasteiger partial charge in [0.05, 0.1) is 16.5 Å². The van der Waals surface area contributed by atoms with Crippen molar-refractivity contribution in [3.8, 4) is 0 Å². The first kappa shape index (κ1) is 40.8. The highest BCUT2D eigenvalue weighted by molar-refractivity contribution is 8.00. The van der Waals surface area contributed by atoms with Crippen LogP contribution < -0.4 is 16.0 Å². The van der Waals surface area contributed by atoms with Crippen molar-refractivity contribution in [3.05, 3.63) is 150 Å². The third-order valence-corrected chi connectivity index (χ3v) is 11.5. The molecule has 55 heavy (non-hydrogen) atoms. The van der Waals surface area contributed by atoms with E-state index in [1.807, 2.05) is 93.6 Å². The molecule has 0 aliphatic carbocycles. The third-order valence-electron chi connectivity index (χ3n) is 8.82. The highest BCUT2D eigenvalue weighted by Crippen LogP contribution is 2.48. The molecule has 0 saturated carbocycles. The molecule has 288 valence electrons. The monoisotopic (exact) mass is 781 g/mol. The van der Waals surface area contributed by atoms with Crippen LogP contribution in [-0.4, -0.2) is 73.5 Å². The van der Waals surface area contributed by atoms with Crippen LogP contribution in [0, 0.1) is 0 Å². The first-order valence-electron chi connectivity index (χ1n) is 17.9. The van der Waals surface area contributed by atoms with Crippen molar-refractivity contribution in [2.45, 2.75) is 49.6 Å². The number of carbonyl (C=O) groups is 3. The Labute approximate surface area is 327 Å². The molecular formula is C43H47N3O7S2. The molecule has 2 atom stereocenters. The van der Waals surface area contributed by atoms with Crippen LogP contribution in [0.25, 0.3) is 10.8 Å². The summed E-state index contributed by atoms with van der Waals surface area (Å²) in [6, 6.07) is 39.8. The molecule has 0 radical (unpaired) electrons. The van der Waals surface area contributed by atoms with Crippen LogP contribution in [0.5, 0.6) is 0 Å². The van der Waals surface area contributed by atoms with Crippen molar-refractivity contribution in [2.75, 3.05) is 29.6 Å². The second kappa shape index (κ2) is 17.9. The van der Waals surface area contributed by atoms with Gasteiger partial charge in [0.1, 0.15) is 21.5 Å². The molecule has 0 bridgehead atoms. The number of thioether (sulfide) groups is 1. The number of carboxylic acids is 1. The number of aliphatic carboxylic acids is 1. The van der Waals surface area contributed by atoms with E-state index >= 15 is 0 Å². The second-order valence-electron chi connectivity index (χ2n) is 14.3. The Balaban J connectivity index is 1.42. The Morgan fingerprint density at radius 3 is 1.84 bits per heavy atom. The summed E-state index contributed by atoms with van der Waals surface area (Å²) in [6.45, 7) is 5.80. The minimum atomic E-state index is -3.42. The molecule has 10 nitrogen and oxygen atoms in total. The van der Waals surface area contributed by atoms with E-state index in [0.717, 1.165) is 34.0 Å². The lowest BCUT2D eigenvalue weighted by atomic mass is 9.84. The van der Waals surface area contributed by atoms with Crippen molar-refractivity contribution in [1.82, 2.24) is 10.6 Å². The van der Waals surface area contributed by atoms with Gasteiger partial charge in [-0.05, 0) is 72.9 Å². The van der Waals surface area contributed by atoms with Crippen molar-refractivity contribution < 1.29 is 32.6 Å². The average molecular weight is 782 g/mol. The molecule has 2 amide bonds. The molecule has 0 aliphatic rings. The minimum absolute atomic E-state index is 0.251. The molecule has 12 heteroatoms. The van der Waals surface area contributed by atoms with Crippen molar-refractivity contribution in [2.24, 2.45) is 0 Å². The second-order valence-corrected chi connectivity index (χ2v) is 17.8. The zero-order valence-corrected chi connectivity index (χ0v) is 33.0. The molecule has 0 heterocycles. The van der Waals surface area contributed by atoms with Crippen LogP contribution >= 0.6 is 11.8 Å². The number of rotatable bonds is 16. The van der Waals surface area contributed by atoms with Crippen LogP contribution in [0.2, 0.25) is 0 Å². The summed E-state index contributed by atoms with van der Waals surface area (Å²) in [4.78, 5) is 38.3. The van der Waals surface area contributed by atoms with Gasteiger partial charge in [0.15, 0.2) is 0 Å². The van der Waals surface area contributed by atoms with Gasteiger partial charge in [-0.2, -0.15) is 0 Å². The number of sulfone groups is 1. The molecule has 5 aromatic carbocycles. The van der Waals surface area contributed by atoms with Gasteiger partial charge in [-0.15, -0.1) is 11.8 Å². The topological polar surface area (TPSA) is 151 Å². The normalized spacial score (nSPS) is 13.0. The first-order valence-corrected chi connectivity index (χ1v) is 21.0. The SMILES string of the molecule is CC(C)(C)OC(=O)NC(CNc1ccc2c(C(=O)NC(CCS(C)(=O)=O)C(=O)O)cccc2c1)CSC(c1ccccc1)(c1ccccc1)c1ccccc1. The van der Waals surface area contributed by atoms with E-state index < -0.39 is 50.2 Å². The van der Waals surface area contributed by atoms with E-state index in [4.69, 9.17) is 4.74 Å². The highest BCUT2D eigenvalue weighted by atomic mass is 32.2. The molecule has 2 unspecified atom stereocenters. The van der Waals surface area contributed by atoms with Crippen molar-refractivity contribution >= 4 is 56.0 Å². The number of hydrogen-bond donors (Lipinski definition) is 4. The van der Waals surface area contributed by atoms with Gasteiger partial charge in [-0.25, -0.2) is 18.0 Å². The fourth-order valence-corrected chi connectivity index (χ4v) is 8.50. The number of alkyl carbamates (subject to hydrolysis) is 1. The van der Waals surface area contributed by atoms with Crippen LogP contribution in [0.15, 0.2) is 127 Å². The Morgan fingerprint density at radius 1 is 0.764 bits per heavy atom. The summed E-state index contributed by atoms with van der Waals surface area (Å²) >= 11 is 1.72. The third kappa shape index (κ3) is 11.1. The fraction of sp³-hybridized carbons (Fsp3) is 0.279. The van der Waals surface area contributed by atoms with Gasteiger partial charge < -0.3 is 25.8 Å². The molecule has 5 aromatic rings. The van der Waals surface area contributed by atoms with Gasteiger partial charge in [0.2, 0.25) is 0 Å². The number of benzene rings is 5. The number of amides is 2. The number of fused-ring (bicyclic) bond motifs is 1. The Morgan fingerprint density at radius 2 is 1.33 bits per heavy atom. The van der Waals surface area contributed by atoms with Crippen LogP contribution in [-0.2, 0) is 24.1 Å². The summed E-state index contributed by atoms with van der Waals surface area (Å²) < 4.78 is 28.4. The smallest absolute Gasteiger partial charge is 0.407 e. The Bertz CT molecular complexity index is 2100. The number of hydrogen-bond acceptors (Lipinski definition) is 8. The number of nitrogens with one attached hydrogen (secondary N) is 3. The lowest BCUT2D eigenvalue weighted by Gasteiger charge is -2.37. The molecule has 0 aliphatic heterocycles. The molecule has 0 spiro atoms. The summed E-state index contributed by atoms with van der Waals surface area (Å²) in [6.07, 6.45) is 0.236. The molecule has 0 saturated heterocycles. The van der Waals surface area contributed by atoms with E-state index in [-0.39, 0.29) is 17.7 Å². The van der Waals surface area contributed by atoms with Gasteiger partial charge in [0, 0.05) is 29.8 Å². The number of carboxylic acid groups (broad SMARTS) is 1. The predicted molar refractivity (Wildman–Crippen MR) is 220 cm³/mol. The molecule has 5 rings (SSSR count). The first-order chi connectivity index (χ1) is 26.1. The standard InChI is InChI=1S/C43H47N3O7S2/c1-42(2,3)53-41(50)45-35(29-54-43(31-16-8-5-9-17-31,32-18-10-6-11-19-32)33-20-12-7-13-21-33)28-44-34-23-24-36-30(27-34)15-14-22-37(36)39(47)46-38(40(48)49)25-26-55(4,51)52/h5-24,27,35,38,44H,25-26,28-29H2,1-4H3,(H,45,50)(H,46,47)(H,48,49). The number of anilines is 1. The van der Waals surface area contributed by atoms with Gasteiger partial charge in [-0.1, -0.05) is 109 Å². The lowest BCUT2D eigenvalue weighted by Crippen LogP contribution is -2.45. The zero-order valence-electron chi connectivity index (χ0n) is 31.3. The number of ether oxygens (including phenoxy) is 1. The largest absolute Gasteiger partial charge is 0.480 e. The average Bonchev–Trinajstić information content (AvgIpc) is 3.15. The highest BCUT2D eigenvalue weighted by Gasteiger charge is 2.38. The van der Waals surface area contributed by atoms with Crippen LogP contribution in [0.3, 0.4) is 0 Å². The summed E-state index contributed by atoms with van der Waals surface area (Å²) in [5.74, 6) is -1.81. The predicted octanol–water partition coefficient (Wildman–Crippen LogP) is 7.49. The van der Waals surface area contributed by atoms with Crippen molar-refractivity contribution in [1.29, 1.82) is 0 Å².